The summed E-state index contributed by atoms with van der Waals surface area (Å²) in [5, 5.41) is 0. The van der Waals surface area contributed by atoms with Gasteiger partial charge in [0.05, 0.1) is 0 Å². The van der Waals surface area contributed by atoms with E-state index in [-0.39, 0.29) is 12.0 Å². The highest BCUT2D eigenvalue weighted by Crippen LogP contribution is 2.16. The van der Waals surface area contributed by atoms with Crippen LogP contribution in [0.25, 0.3) is 0 Å². The summed E-state index contributed by atoms with van der Waals surface area (Å²) in [6.07, 6.45) is 0.301. The van der Waals surface area contributed by atoms with Crippen molar-refractivity contribution in [2.75, 3.05) is 13.1 Å². The van der Waals surface area contributed by atoms with Crippen LogP contribution in [-0.4, -0.2) is 30.0 Å². The van der Waals surface area contributed by atoms with Crippen molar-refractivity contribution in [3.05, 3.63) is 29.8 Å². The molecule has 3 heteroatoms. The van der Waals surface area contributed by atoms with E-state index in [1.54, 1.807) is 0 Å². The molecule has 3 nitrogen and oxygen atoms in total. The summed E-state index contributed by atoms with van der Waals surface area (Å²) < 4.78 is 5.80. The van der Waals surface area contributed by atoms with Gasteiger partial charge in [0.15, 0.2) is 6.10 Å². The Morgan fingerprint density at radius 2 is 1.94 bits per heavy atom. The van der Waals surface area contributed by atoms with E-state index in [1.807, 2.05) is 56.9 Å². The molecule has 0 N–H and O–H groups in total. The maximum Gasteiger partial charge on any atom is 0.263 e. The zero-order valence-corrected chi connectivity index (χ0v) is 11.8. The van der Waals surface area contributed by atoms with Gasteiger partial charge in [-0.2, -0.15) is 0 Å². The molecule has 18 heavy (non-hydrogen) atoms. The molecule has 1 aromatic rings. The number of hydrogen-bond acceptors (Lipinski definition) is 2. The Morgan fingerprint density at radius 3 is 2.44 bits per heavy atom. The van der Waals surface area contributed by atoms with E-state index in [2.05, 4.69) is 0 Å². The molecule has 1 aromatic carbocycles. The standard InChI is InChI=1S/C15H23NO2/c1-5-14(15(17)16(6-2)7-3)18-13-10-8-9-12(4)11-13/h8-11,14H,5-7H2,1-4H3/t14-/m0/s1. The summed E-state index contributed by atoms with van der Waals surface area (Å²) in [4.78, 5) is 14.0. The molecule has 1 amide bonds. The number of carbonyl (C=O) groups is 1. The minimum absolute atomic E-state index is 0.0732. The van der Waals surface area contributed by atoms with Gasteiger partial charge in [-0.05, 0) is 44.9 Å². The SMILES string of the molecule is CC[C@H](Oc1cccc(C)c1)C(=O)N(CC)CC. The van der Waals surface area contributed by atoms with E-state index < -0.39 is 0 Å². The Bertz CT molecular complexity index is 386. The van der Waals surface area contributed by atoms with Crippen molar-refractivity contribution in [1.29, 1.82) is 0 Å². The molecular formula is C15H23NO2. The lowest BCUT2D eigenvalue weighted by molar-refractivity contribution is -0.138. The van der Waals surface area contributed by atoms with Crippen LogP contribution in [0.15, 0.2) is 24.3 Å². The highest BCUT2D eigenvalue weighted by atomic mass is 16.5. The molecule has 0 fully saturated rings. The third-order valence-corrected chi connectivity index (χ3v) is 2.99. The molecule has 0 saturated carbocycles. The van der Waals surface area contributed by atoms with Crippen LogP contribution in [0.3, 0.4) is 0 Å². The summed E-state index contributed by atoms with van der Waals surface area (Å²) in [6.45, 7) is 9.41. The number of likely N-dealkylation sites (N-methyl/N-ethyl adjacent to an activating group) is 1. The lowest BCUT2D eigenvalue weighted by atomic mass is 10.2. The summed E-state index contributed by atoms with van der Waals surface area (Å²) >= 11 is 0. The molecule has 100 valence electrons. The van der Waals surface area contributed by atoms with Gasteiger partial charge < -0.3 is 9.64 Å². The lowest BCUT2D eigenvalue weighted by Gasteiger charge is -2.25. The molecule has 0 aliphatic rings. The second-order valence-electron chi connectivity index (χ2n) is 4.34. The quantitative estimate of drug-likeness (QED) is 0.775. The summed E-state index contributed by atoms with van der Waals surface area (Å²) in [7, 11) is 0. The largest absolute Gasteiger partial charge is 0.481 e. The van der Waals surface area contributed by atoms with Gasteiger partial charge >= 0.3 is 0 Å². The maximum atomic E-state index is 12.2. The first kappa shape index (κ1) is 14.6. The van der Waals surface area contributed by atoms with Crippen molar-refractivity contribution >= 4 is 5.91 Å². The molecule has 0 aliphatic carbocycles. The first-order chi connectivity index (χ1) is 8.62. The van der Waals surface area contributed by atoms with Crippen LogP contribution in [-0.2, 0) is 4.79 Å². The van der Waals surface area contributed by atoms with E-state index in [0.717, 1.165) is 24.4 Å². The number of aryl methyl sites for hydroxylation is 1. The minimum atomic E-state index is -0.383. The molecule has 0 spiro atoms. The van der Waals surface area contributed by atoms with Gasteiger partial charge in [0.1, 0.15) is 5.75 Å². The van der Waals surface area contributed by atoms with Crippen molar-refractivity contribution in [1.82, 2.24) is 4.90 Å². The number of amides is 1. The fourth-order valence-electron chi connectivity index (χ4n) is 1.90. The second kappa shape index (κ2) is 7.04. The number of carbonyl (C=O) groups excluding carboxylic acids is 1. The molecule has 0 saturated heterocycles. The summed E-state index contributed by atoms with van der Waals surface area (Å²) in [5.74, 6) is 0.839. The van der Waals surface area contributed by atoms with Gasteiger partial charge in [0.2, 0.25) is 0 Å². The Balaban J connectivity index is 2.75. The smallest absolute Gasteiger partial charge is 0.263 e. The highest BCUT2D eigenvalue weighted by molar-refractivity contribution is 5.81. The first-order valence-electron chi connectivity index (χ1n) is 6.64. The maximum absolute atomic E-state index is 12.2. The van der Waals surface area contributed by atoms with Crippen LogP contribution in [0.5, 0.6) is 5.75 Å². The minimum Gasteiger partial charge on any atom is -0.481 e. The molecule has 1 rings (SSSR count). The fourth-order valence-corrected chi connectivity index (χ4v) is 1.90. The van der Waals surface area contributed by atoms with Crippen LogP contribution in [0.4, 0.5) is 0 Å². The average molecular weight is 249 g/mol. The monoisotopic (exact) mass is 249 g/mol. The van der Waals surface area contributed by atoms with Crippen molar-refractivity contribution in [3.63, 3.8) is 0 Å². The fraction of sp³-hybridized carbons (Fsp3) is 0.533. The third kappa shape index (κ3) is 3.76. The second-order valence-corrected chi connectivity index (χ2v) is 4.34. The summed E-state index contributed by atoms with van der Waals surface area (Å²) in [6, 6.07) is 7.81. The van der Waals surface area contributed by atoms with E-state index in [1.165, 1.54) is 0 Å². The van der Waals surface area contributed by atoms with Crippen molar-refractivity contribution in [3.8, 4) is 5.75 Å². The average Bonchev–Trinajstić information content (AvgIpc) is 2.37. The van der Waals surface area contributed by atoms with Gasteiger partial charge in [-0.25, -0.2) is 0 Å². The lowest BCUT2D eigenvalue weighted by Crippen LogP contribution is -2.41. The van der Waals surface area contributed by atoms with E-state index >= 15 is 0 Å². The van der Waals surface area contributed by atoms with E-state index in [9.17, 15) is 4.79 Å². The molecule has 0 bridgehead atoms. The third-order valence-electron chi connectivity index (χ3n) is 2.99. The van der Waals surface area contributed by atoms with Gasteiger partial charge in [-0.1, -0.05) is 19.1 Å². The molecule has 0 radical (unpaired) electrons. The van der Waals surface area contributed by atoms with Gasteiger partial charge in [-0.3, -0.25) is 4.79 Å². The summed E-state index contributed by atoms with van der Waals surface area (Å²) in [5.41, 5.74) is 1.14. The molecule has 1 atom stereocenters. The number of rotatable bonds is 6. The molecule has 0 unspecified atom stereocenters. The molecule has 0 heterocycles. The zero-order chi connectivity index (χ0) is 13.5. The van der Waals surface area contributed by atoms with Crippen LogP contribution in [0.1, 0.15) is 32.8 Å². The molecule has 0 aliphatic heterocycles. The topological polar surface area (TPSA) is 29.5 Å². The number of hydrogen-bond donors (Lipinski definition) is 0. The van der Waals surface area contributed by atoms with Crippen molar-refractivity contribution in [2.24, 2.45) is 0 Å². The van der Waals surface area contributed by atoms with Crippen LogP contribution in [0, 0.1) is 6.92 Å². The van der Waals surface area contributed by atoms with Gasteiger partial charge in [-0.15, -0.1) is 0 Å². The number of benzene rings is 1. The van der Waals surface area contributed by atoms with Crippen LogP contribution >= 0.6 is 0 Å². The highest BCUT2D eigenvalue weighted by Gasteiger charge is 2.22. The van der Waals surface area contributed by atoms with E-state index in [0.29, 0.717) is 6.42 Å². The predicted octanol–water partition coefficient (Wildman–Crippen LogP) is 3.02. The van der Waals surface area contributed by atoms with Crippen LogP contribution in [0.2, 0.25) is 0 Å². The van der Waals surface area contributed by atoms with Crippen LogP contribution < -0.4 is 4.74 Å². The first-order valence-corrected chi connectivity index (χ1v) is 6.64. The van der Waals surface area contributed by atoms with Gasteiger partial charge in [0.25, 0.3) is 5.91 Å². The number of nitrogens with zero attached hydrogens (tertiary/aromatic N) is 1. The van der Waals surface area contributed by atoms with Crippen molar-refractivity contribution in [2.45, 2.75) is 40.2 Å². The normalized spacial score (nSPS) is 12.0. The Labute approximate surface area is 110 Å². The Kier molecular flexibility index (Phi) is 5.69. The molecule has 0 aromatic heterocycles. The number of ether oxygens (including phenoxy) is 1. The van der Waals surface area contributed by atoms with E-state index in [4.69, 9.17) is 4.74 Å². The Hall–Kier alpha value is -1.51. The Morgan fingerprint density at radius 1 is 1.28 bits per heavy atom. The van der Waals surface area contributed by atoms with Gasteiger partial charge in [0, 0.05) is 13.1 Å². The van der Waals surface area contributed by atoms with Crippen molar-refractivity contribution < 1.29 is 9.53 Å². The zero-order valence-electron chi connectivity index (χ0n) is 11.8. The predicted molar refractivity (Wildman–Crippen MR) is 73.8 cm³/mol. The molecular weight excluding hydrogens is 226 g/mol.